The zero-order chi connectivity index (χ0) is 17.1. The molecule has 118 valence electrons. The number of H-pyrrole nitrogens is 1. The third kappa shape index (κ3) is 2.78. The minimum Gasteiger partial charge on any atom is -0.495 e. The number of aromatic nitrogens is 1. The van der Waals surface area contributed by atoms with Gasteiger partial charge in [-0.3, -0.25) is 4.79 Å². The molecule has 0 aliphatic carbocycles. The molecule has 0 spiro atoms. The van der Waals surface area contributed by atoms with Gasteiger partial charge in [-0.15, -0.1) is 0 Å². The van der Waals surface area contributed by atoms with E-state index in [2.05, 4.69) is 4.98 Å². The number of ether oxygens (including phenoxy) is 1. The Morgan fingerprint density at radius 2 is 2.04 bits per heavy atom. The Morgan fingerprint density at radius 3 is 2.79 bits per heavy atom. The van der Waals surface area contributed by atoms with Gasteiger partial charge in [0.2, 0.25) is 5.78 Å². The maximum atomic E-state index is 12.7. The van der Waals surface area contributed by atoms with Crippen LogP contribution in [0.3, 0.4) is 0 Å². The van der Waals surface area contributed by atoms with E-state index in [4.69, 9.17) is 16.3 Å². The second-order valence-electron chi connectivity index (χ2n) is 5.11. The predicted octanol–water partition coefficient (Wildman–Crippen LogP) is 4.62. The number of allylic oxidation sites excluding steroid dienone is 1. The van der Waals surface area contributed by atoms with Crippen LogP contribution in [0.1, 0.15) is 15.9 Å². The fraction of sp³-hybridized carbons (Fsp3) is 0.0526. The molecule has 0 bridgehead atoms. The van der Waals surface area contributed by atoms with E-state index in [0.29, 0.717) is 21.9 Å². The maximum Gasteiger partial charge on any atom is 0.205 e. The summed E-state index contributed by atoms with van der Waals surface area (Å²) in [5, 5.41) is 10.6. The second-order valence-corrected chi connectivity index (χ2v) is 5.49. The van der Waals surface area contributed by atoms with Crippen LogP contribution in [-0.2, 0) is 0 Å². The number of hydrogen-bond acceptors (Lipinski definition) is 3. The average molecular weight is 337 g/mol. The largest absolute Gasteiger partial charge is 0.495 e. The molecule has 0 aliphatic rings. The van der Waals surface area contributed by atoms with Crippen molar-refractivity contribution in [1.82, 2.24) is 4.98 Å². The summed E-state index contributed by atoms with van der Waals surface area (Å²) in [4.78, 5) is 15.8. The van der Waals surface area contributed by atoms with Gasteiger partial charge in [-0.1, -0.05) is 41.9 Å². The first-order valence-electron chi connectivity index (χ1n) is 7.21. The Morgan fingerprint density at radius 1 is 1.25 bits per heavy atom. The molecule has 5 heteroatoms. The SMILES string of the molecule is COc1cccc(/C=C(\C#N)C(=O)c2c[nH]c3ccccc23)c1Cl. The van der Waals surface area contributed by atoms with E-state index in [1.807, 2.05) is 30.3 Å². The molecule has 0 aliphatic heterocycles. The third-order valence-corrected chi connectivity index (χ3v) is 4.12. The number of methoxy groups -OCH3 is 1. The van der Waals surface area contributed by atoms with Gasteiger partial charge >= 0.3 is 0 Å². The summed E-state index contributed by atoms with van der Waals surface area (Å²) in [5.74, 6) is 0.135. The van der Waals surface area contributed by atoms with E-state index in [1.165, 1.54) is 13.2 Å². The van der Waals surface area contributed by atoms with Crippen LogP contribution in [0.5, 0.6) is 5.75 Å². The van der Waals surface area contributed by atoms with E-state index < -0.39 is 0 Å². The molecular formula is C19H13ClN2O2. The number of para-hydroxylation sites is 1. The number of ketones is 1. The summed E-state index contributed by atoms with van der Waals surface area (Å²) in [7, 11) is 1.51. The molecule has 0 atom stereocenters. The lowest BCUT2D eigenvalue weighted by Gasteiger charge is -2.05. The number of nitrogens with one attached hydrogen (secondary N) is 1. The van der Waals surface area contributed by atoms with Gasteiger partial charge < -0.3 is 9.72 Å². The van der Waals surface area contributed by atoms with E-state index in [1.54, 1.807) is 24.4 Å². The molecule has 0 unspecified atom stereocenters. The topological polar surface area (TPSA) is 65.9 Å². The van der Waals surface area contributed by atoms with Crippen LogP contribution >= 0.6 is 11.6 Å². The van der Waals surface area contributed by atoms with E-state index in [-0.39, 0.29) is 11.4 Å². The minimum absolute atomic E-state index is 0.00917. The highest BCUT2D eigenvalue weighted by atomic mass is 35.5. The number of carbonyl (C=O) groups excluding carboxylic acids is 1. The van der Waals surface area contributed by atoms with Gasteiger partial charge in [-0.25, -0.2) is 0 Å². The number of fused-ring (bicyclic) bond motifs is 1. The zero-order valence-electron chi connectivity index (χ0n) is 12.8. The molecule has 0 saturated heterocycles. The summed E-state index contributed by atoms with van der Waals surface area (Å²) in [5.41, 5.74) is 1.87. The molecule has 24 heavy (non-hydrogen) atoms. The predicted molar refractivity (Wildman–Crippen MR) is 94.2 cm³/mol. The van der Waals surface area contributed by atoms with E-state index in [9.17, 15) is 10.1 Å². The molecule has 1 heterocycles. The molecule has 0 fully saturated rings. The van der Waals surface area contributed by atoms with Gasteiger partial charge in [-0.2, -0.15) is 5.26 Å². The molecule has 4 nitrogen and oxygen atoms in total. The molecule has 0 radical (unpaired) electrons. The zero-order valence-corrected chi connectivity index (χ0v) is 13.6. The van der Waals surface area contributed by atoms with Crippen LogP contribution in [-0.4, -0.2) is 17.9 Å². The molecule has 3 aromatic rings. The van der Waals surface area contributed by atoms with Gasteiger partial charge in [0.05, 0.1) is 12.1 Å². The number of nitriles is 1. The van der Waals surface area contributed by atoms with Crippen LogP contribution < -0.4 is 4.74 Å². The van der Waals surface area contributed by atoms with Crippen molar-refractivity contribution in [1.29, 1.82) is 5.26 Å². The molecular weight excluding hydrogens is 324 g/mol. The van der Waals surface area contributed by atoms with Gasteiger partial charge in [0.1, 0.15) is 17.4 Å². The van der Waals surface area contributed by atoms with Crippen LogP contribution in [0.15, 0.2) is 54.2 Å². The number of hydrogen-bond donors (Lipinski definition) is 1. The molecule has 1 N–H and O–H groups in total. The number of nitrogens with zero attached hydrogens (tertiary/aromatic N) is 1. The van der Waals surface area contributed by atoms with Crippen molar-refractivity contribution in [3.8, 4) is 11.8 Å². The molecule has 0 amide bonds. The molecule has 0 saturated carbocycles. The summed E-state index contributed by atoms with van der Waals surface area (Å²) in [6.07, 6.45) is 3.10. The van der Waals surface area contributed by atoms with E-state index in [0.717, 1.165) is 10.9 Å². The Bertz CT molecular complexity index is 996. The second kappa shape index (κ2) is 6.61. The minimum atomic E-state index is -0.353. The lowest BCUT2D eigenvalue weighted by molar-refractivity contribution is 0.104. The normalized spacial score (nSPS) is 11.3. The summed E-state index contributed by atoms with van der Waals surface area (Å²) in [6, 6.07) is 14.6. The van der Waals surface area contributed by atoms with Crippen molar-refractivity contribution in [3.63, 3.8) is 0 Å². The lowest BCUT2D eigenvalue weighted by Crippen LogP contribution is -2.01. The fourth-order valence-corrected chi connectivity index (χ4v) is 2.76. The monoisotopic (exact) mass is 336 g/mol. The van der Waals surface area contributed by atoms with Gasteiger partial charge in [-0.05, 0) is 23.8 Å². The van der Waals surface area contributed by atoms with Crippen LogP contribution in [0, 0.1) is 11.3 Å². The average Bonchev–Trinajstić information content (AvgIpc) is 3.04. The van der Waals surface area contributed by atoms with Gasteiger partial charge in [0.25, 0.3) is 0 Å². The third-order valence-electron chi connectivity index (χ3n) is 3.71. The molecule has 1 aromatic heterocycles. The maximum absolute atomic E-state index is 12.7. The molecule has 2 aromatic carbocycles. The summed E-state index contributed by atoms with van der Waals surface area (Å²) in [6.45, 7) is 0. The van der Waals surface area contributed by atoms with Crippen LogP contribution in [0.4, 0.5) is 0 Å². The quantitative estimate of drug-likeness (QED) is 0.429. The highest BCUT2D eigenvalue weighted by Gasteiger charge is 2.17. The number of halogens is 1. The van der Waals surface area contributed by atoms with Crippen molar-refractivity contribution in [2.75, 3.05) is 7.11 Å². The van der Waals surface area contributed by atoms with Gasteiger partial charge in [0.15, 0.2) is 0 Å². The van der Waals surface area contributed by atoms with Crippen LogP contribution in [0.2, 0.25) is 5.02 Å². The Kier molecular flexibility index (Phi) is 4.37. The summed E-state index contributed by atoms with van der Waals surface area (Å²) < 4.78 is 5.16. The highest BCUT2D eigenvalue weighted by molar-refractivity contribution is 6.33. The fourth-order valence-electron chi connectivity index (χ4n) is 2.51. The first-order chi connectivity index (χ1) is 11.7. The summed E-state index contributed by atoms with van der Waals surface area (Å²) >= 11 is 6.24. The first-order valence-corrected chi connectivity index (χ1v) is 7.58. The number of aromatic amines is 1. The number of carbonyl (C=O) groups is 1. The number of Topliss-reactive ketones (excluding diaryl/α,β-unsaturated/α-hetero) is 1. The Balaban J connectivity index is 2.06. The Labute approximate surface area is 143 Å². The smallest absolute Gasteiger partial charge is 0.205 e. The standard InChI is InChI=1S/C19H13ClN2O2/c1-24-17-8-4-5-12(18(17)20)9-13(10-21)19(23)15-11-22-16-7-3-2-6-14(15)16/h2-9,11,22H,1H3/b13-9+. The Hall–Kier alpha value is -3.03. The van der Waals surface area contributed by atoms with Crippen molar-refractivity contribution in [3.05, 3.63) is 70.4 Å². The van der Waals surface area contributed by atoms with Crippen molar-refractivity contribution in [2.24, 2.45) is 0 Å². The van der Waals surface area contributed by atoms with Crippen molar-refractivity contribution < 1.29 is 9.53 Å². The lowest BCUT2D eigenvalue weighted by atomic mass is 10.0. The molecule has 3 rings (SSSR count). The van der Waals surface area contributed by atoms with Gasteiger partial charge in [0, 0.05) is 22.7 Å². The van der Waals surface area contributed by atoms with Crippen molar-refractivity contribution in [2.45, 2.75) is 0 Å². The number of rotatable bonds is 4. The van der Waals surface area contributed by atoms with Crippen LogP contribution in [0.25, 0.3) is 17.0 Å². The number of benzene rings is 2. The highest BCUT2D eigenvalue weighted by Crippen LogP contribution is 2.30. The first kappa shape index (κ1) is 15.9. The van der Waals surface area contributed by atoms with E-state index >= 15 is 0 Å². The van der Waals surface area contributed by atoms with Crippen molar-refractivity contribution >= 4 is 34.4 Å².